The Hall–Kier alpha value is -1.23. The van der Waals surface area contributed by atoms with Crippen LogP contribution in [0.4, 0.5) is 10.5 Å². The number of hydrogen-bond donors (Lipinski definition) is 1. The van der Waals surface area contributed by atoms with Gasteiger partial charge in [0.25, 0.3) is 0 Å². The van der Waals surface area contributed by atoms with Crippen molar-refractivity contribution in [2.45, 2.75) is 13.3 Å². The molecular formula is C8H12ClN3O2. The predicted molar refractivity (Wildman–Crippen MR) is 53.4 cm³/mol. The minimum Gasteiger partial charge on any atom is -0.433 e. The highest BCUT2D eigenvalue weighted by Gasteiger charge is 2.09. The number of aromatic nitrogens is 2. The molecule has 0 bridgehead atoms. The summed E-state index contributed by atoms with van der Waals surface area (Å²) in [6.07, 6.45) is 1.90. The fraction of sp³-hybridized carbons (Fsp3) is 0.500. The molecule has 0 saturated carbocycles. The van der Waals surface area contributed by atoms with Crippen LogP contribution in [0.3, 0.4) is 0 Å². The van der Waals surface area contributed by atoms with Crippen molar-refractivity contribution in [1.82, 2.24) is 9.78 Å². The molecule has 0 atom stereocenters. The molecular weight excluding hydrogens is 206 g/mol. The number of aryl methyl sites for hydroxylation is 2. The molecule has 0 fully saturated rings. The van der Waals surface area contributed by atoms with E-state index in [1.165, 1.54) is 0 Å². The number of nitrogens with one attached hydrogen (secondary N) is 1. The number of hydrogen-bond acceptors (Lipinski definition) is 3. The number of rotatable bonds is 3. The Bertz CT molecular complexity index is 324. The molecule has 1 amide bonds. The second kappa shape index (κ2) is 4.85. The summed E-state index contributed by atoms with van der Waals surface area (Å²) in [6.45, 7) is 1.96. The summed E-state index contributed by atoms with van der Waals surface area (Å²) in [6, 6.07) is -0.159. The van der Waals surface area contributed by atoms with Crippen LogP contribution >= 0.6 is 11.6 Å². The van der Waals surface area contributed by atoms with Crippen molar-refractivity contribution in [3.8, 4) is 0 Å². The van der Waals surface area contributed by atoms with Gasteiger partial charge in [0.1, 0.15) is 0 Å². The summed E-state index contributed by atoms with van der Waals surface area (Å²) < 4.78 is 6.17. The number of halogens is 1. The quantitative estimate of drug-likeness (QED) is 0.785. The van der Waals surface area contributed by atoms with Crippen molar-refractivity contribution in [3.63, 3.8) is 0 Å². The van der Waals surface area contributed by atoms with Crippen LogP contribution in [-0.4, -0.2) is 21.9 Å². The smallest absolute Gasteiger partial charge is 0.412 e. The summed E-state index contributed by atoms with van der Waals surface area (Å²) in [4.78, 5) is 11.0. The Morgan fingerprint density at radius 1 is 1.79 bits per heavy atom. The first-order valence-corrected chi connectivity index (χ1v) is 4.73. The zero-order valence-electron chi connectivity index (χ0n) is 8.08. The topological polar surface area (TPSA) is 56.2 Å². The lowest BCUT2D eigenvalue weighted by Crippen LogP contribution is -2.13. The van der Waals surface area contributed by atoms with Crippen molar-refractivity contribution >= 4 is 23.4 Å². The first-order chi connectivity index (χ1) is 6.67. The minimum absolute atomic E-state index is 0.159. The normalized spacial score (nSPS) is 9.93. The molecule has 5 nitrogen and oxygen atoms in total. The van der Waals surface area contributed by atoms with Gasteiger partial charge in [-0.25, -0.2) is 4.79 Å². The molecule has 1 aromatic heterocycles. The van der Waals surface area contributed by atoms with Crippen molar-refractivity contribution in [1.29, 1.82) is 0 Å². The number of alkyl halides is 1. The Labute approximate surface area is 87.0 Å². The van der Waals surface area contributed by atoms with Crippen LogP contribution in [0.1, 0.15) is 12.6 Å². The fourth-order valence-corrected chi connectivity index (χ4v) is 1.19. The summed E-state index contributed by atoms with van der Waals surface area (Å²) in [5.74, 6) is 0. The van der Waals surface area contributed by atoms with E-state index in [0.717, 1.165) is 12.1 Å². The minimum atomic E-state index is -0.567. The Balaban J connectivity index is 2.70. The average molecular weight is 218 g/mol. The van der Waals surface area contributed by atoms with Gasteiger partial charge in [-0.3, -0.25) is 10.00 Å². The van der Waals surface area contributed by atoms with Crippen molar-refractivity contribution in [2.75, 3.05) is 11.4 Å². The molecule has 1 N–H and O–H groups in total. The van der Waals surface area contributed by atoms with Gasteiger partial charge in [-0.1, -0.05) is 18.5 Å². The van der Waals surface area contributed by atoms with Crippen molar-refractivity contribution < 1.29 is 9.53 Å². The summed E-state index contributed by atoms with van der Waals surface area (Å²) >= 11 is 5.24. The van der Waals surface area contributed by atoms with Crippen LogP contribution in [0.25, 0.3) is 0 Å². The van der Waals surface area contributed by atoms with E-state index in [-0.39, 0.29) is 6.07 Å². The van der Waals surface area contributed by atoms with Gasteiger partial charge in [0.15, 0.2) is 6.07 Å². The third-order valence-electron chi connectivity index (χ3n) is 1.66. The summed E-state index contributed by atoms with van der Waals surface area (Å²) in [5.41, 5.74) is 1.48. The van der Waals surface area contributed by atoms with Gasteiger partial charge in [0.2, 0.25) is 0 Å². The van der Waals surface area contributed by atoms with Gasteiger partial charge in [-0.05, 0) is 6.42 Å². The molecule has 6 heteroatoms. The van der Waals surface area contributed by atoms with Crippen LogP contribution in [-0.2, 0) is 18.2 Å². The predicted octanol–water partition coefficient (Wildman–Crippen LogP) is 1.73. The third kappa shape index (κ3) is 2.63. The molecule has 1 aromatic rings. The van der Waals surface area contributed by atoms with E-state index in [2.05, 4.69) is 15.2 Å². The van der Waals surface area contributed by atoms with E-state index in [1.54, 1.807) is 17.9 Å². The Kier molecular flexibility index (Phi) is 3.76. The van der Waals surface area contributed by atoms with E-state index in [9.17, 15) is 4.79 Å². The first kappa shape index (κ1) is 10.8. The van der Waals surface area contributed by atoms with E-state index in [4.69, 9.17) is 11.6 Å². The highest BCUT2D eigenvalue weighted by atomic mass is 35.5. The largest absolute Gasteiger partial charge is 0.433 e. The average Bonchev–Trinajstić information content (AvgIpc) is 2.46. The molecule has 0 spiro atoms. The van der Waals surface area contributed by atoms with Gasteiger partial charge in [-0.2, -0.15) is 5.10 Å². The Morgan fingerprint density at radius 3 is 3.07 bits per heavy atom. The lowest BCUT2D eigenvalue weighted by atomic mass is 10.3. The van der Waals surface area contributed by atoms with Gasteiger partial charge in [0.05, 0.1) is 11.4 Å². The fourth-order valence-electron chi connectivity index (χ4n) is 1.10. The lowest BCUT2D eigenvalue weighted by molar-refractivity contribution is 0.180. The monoisotopic (exact) mass is 217 g/mol. The Morgan fingerprint density at radius 2 is 2.50 bits per heavy atom. The molecule has 0 aromatic carbocycles. The zero-order chi connectivity index (χ0) is 10.6. The maximum Gasteiger partial charge on any atom is 0.412 e. The molecule has 0 aliphatic rings. The molecule has 78 valence electrons. The molecule has 0 aliphatic carbocycles. The van der Waals surface area contributed by atoms with E-state index < -0.39 is 6.09 Å². The van der Waals surface area contributed by atoms with Crippen molar-refractivity contribution in [2.24, 2.45) is 7.05 Å². The third-order valence-corrected chi connectivity index (χ3v) is 1.77. The van der Waals surface area contributed by atoms with Crippen LogP contribution in [0.15, 0.2) is 6.20 Å². The van der Waals surface area contributed by atoms with E-state index in [1.807, 2.05) is 6.92 Å². The number of anilines is 1. The highest BCUT2D eigenvalue weighted by molar-refractivity contribution is 6.17. The maximum atomic E-state index is 11.0. The molecule has 14 heavy (non-hydrogen) atoms. The van der Waals surface area contributed by atoms with Gasteiger partial charge < -0.3 is 4.74 Å². The highest BCUT2D eigenvalue weighted by Crippen LogP contribution is 2.13. The van der Waals surface area contributed by atoms with E-state index in [0.29, 0.717) is 5.69 Å². The SMILES string of the molecule is CCc1nn(C)cc1NC(=O)OCCl. The van der Waals surface area contributed by atoms with Crippen molar-refractivity contribution in [3.05, 3.63) is 11.9 Å². The molecule has 1 rings (SSSR count). The standard InChI is InChI=1S/C8H12ClN3O2/c1-3-6-7(4-12(2)11-6)10-8(13)14-5-9/h4H,3,5H2,1-2H3,(H,10,13). The molecule has 1 heterocycles. The lowest BCUT2D eigenvalue weighted by Gasteiger charge is -2.02. The molecule has 0 radical (unpaired) electrons. The van der Waals surface area contributed by atoms with Crippen LogP contribution < -0.4 is 5.32 Å². The zero-order valence-corrected chi connectivity index (χ0v) is 8.84. The molecule has 0 aliphatic heterocycles. The number of amides is 1. The molecule has 0 saturated heterocycles. The second-order valence-corrected chi connectivity index (χ2v) is 2.90. The number of carbonyl (C=O) groups excluding carboxylic acids is 1. The van der Waals surface area contributed by atoms with Gasteiger partial charge in [-0.15, -0.1) is 0 Å². The van der Waals surface area contributed by atoms with Gasteiger partial charge >= 0.3 is 6.09 Å². The number of carbonyl (C=O) groups is 1. The summed E-state index contributed by atoms with van der Waals surface area (Å²) in [5, 5.41) is 6.71. The summed E-state index contributed by atoms with van der Waals surface area (Å²) in [7, 11) is 1.79. The number of ether oxygens (including phenoxy) is 1. The maximum absolute atomic E-state index is 11.0. The van der Waals surface area contributed by atoms with Gasteiger partial charge in [0, 0.05) is 13.2 Å². The molecule has 0 unspecified atom stereocenters. The van der Waals surface area contributed by atoms with Crippen LogP contribution in [0, 0.1) is 0 Å². The first-order valence-electron chi connectivity index (χ1n) is 4.19. The van der Waals surface area contributed by atoms with Crippen LogP contribution in [0.5, 0.6) is 0 Å². The van der Waals surface area contributed by atoms with E-state index >= 15 is 0 Å². The number of nitrogens with zero attached hydrogens (tertiary/aromatic N) is 2. The second-order valence-electron chi connectivity index (χ2n) is 2.68. The van der Waals surface area contributed by atoms with Crippen LogP contribution in [0.2, 0.25) is 0 Å².